The van der Waals surface area contributed by atoms with E-state index in [-0.39, 0.29) is 5.91 Å². The van der Waals surface area contributed by atoms with Gasteiger partial charge in [0.25, 0.3) is 0 Å². The normalized spacial score (nSPS) is 10.6. The Hall–Kier alpha value is -3.86. The number of anilines is 1. The quantitative estimate of drug-likeness (QED) is 0.486. The van der Waals surface area contributed by atoms with Crippen LogP contribution in [-0.2, 0) is 4.79 Å². The van der Waals surface area contributed by atoms with Gasteiger partial charge in [-0.3, -0.25) is 4.79 Å². The van der Waals surface area contributed by atoms with Gasteiger partial charge in [-0.25, -0.2) is 4.98 Å². The van der Waals surface area contributed by atoms with Crippen LogP contribution in [0.3, 0.4) is 0 Å². The second-order valence-electron chi connectivity index (χ2n) is 6.66. The highest BCUT2D eigenvalue weighted by molar-refractivity contribution is 5.89. The van der Waals surface area contributed by atoms with Gasteiger partial charge in [0.15, 0.2) is 0 Å². The second kappa shape index (κ2) is 8.02. The zero-order valence-corrected chi connectivity index (χ0v) is 16.3. The lowest BCUT2D eigenvalue weighted by molar-refractivity contribution is -0.114. The number of hydrogen-bond acceptors (Lipinski definition) is 3. The van der Waals surface area contributed by atoms with Crippen LogP contribution in [0.2, 0.25) is 0 Å². The summed E-state index contributed by atoms with van der Waals surface area (Å²) in [6.07, 6.45) is 0. The summed E-state index contributed by atoms with van der Waals surface area (Å²) in [7, 11) is 1.66. The molecule has 0 aliphatic rings. The first-order valence-electron chi connectivity index (χ1n) is 9.32. The zero-order valence-electron chi connectivity index (χ0n) is 16.3. The molecule has 0 aliphatic carbocycles. The Morgan fingerprint density at radius 2 is 1.52 bits per heavy atom. The SMILES string of the molecule is COc1ccc(-c2[nH]c(-c3ccc(NC(C)=O)cc3)nc2-c2ccccc2)cc1. The summed E-state index contributed by atoms with van der Waals surface area (Å²) in [6.45, 7) is 1.49. The minimum atomic E-state index is -0.0936. The van der Waals surface area contributed by atoms with Crippen LogP contribution >= 0.6 is 0 Å². The van der Waals surface area contributed by atoms with Crippen molar-refractivity contribution in [3.63, 3.8) is 0 Å². The molecule has 5 heteroatoms. The van der Waals surface area contributed by atoms with Crippen molar-refractivity contribution in [3.8, 4) is 39.7 Å². The van der Waals surface area contributed by atoms with Crippen molar-refractivity contribution in [1.82, 2.24) is 9.97 Å². The third kappa shape index (κ3) is 4.04. The van der Waals surface area contributed by atoms with Gasteiger partial charge in [-0.05, 0) is 48.5 Å². The van der Waals surface area contributed by atoms with Gasteiger partial charge in [0.1, 0.15) is 11.6 Å². The van der Waals surface area contributed by atoms with E-state index in [1.54, 1.807) is 7.11 Å². The number of aromatic nitrogens is 2. The molecule has 5 nitrogen and oxygen atoms in total. The summed E-state index contributed by atoms with van der Waals surface area (Å²) in [4.78, 5) is 19.6. The molecular weight excluding hydrogens is 362 g/mol. The molecule has 0 atom stereocenters. The molecule has 4 rings (SSSR count). The Bertz CT molecular complexity index is 1120. The van der Waals surface area contributed by atoms with Gasteiger partial charge in [-0.15, -0.1) is 0 Å². The van der Waals surface area contributed by atoms with Crippen LogP contribution in [0.15, 0.2) is 78.9 Å². The molecule has 0 radical (unpaired) electrons. The van der Waals surface area contributed by atoms with Crippen molar-refractivity contribution in [2.75, 3.05) is 12.4 Å². The van der Waals surface area contributed by atoms with Crippen molar-refractivity contribution in [2.24, 2.45) is 0 Å². The summed E-state index contributed by atoms with van der Waals surface area (Å²) < 4.78 is 5.28. The van der Waals surface area contributed by atoms with Crippen LogP contribution in [-0.4, -0.2) is 23.0 Å². The largest absolute Gasteiger partial charge is 0.497 e. The maximum Gasteiger partial charge on any atom is 0.221 e. The van der Waals surface area contributed by atoms with E-state index in [1.807, 2.05) is 78.9 Å². The molecule has 4 aromatic rings. The fraction of sp³-hybridized carbons (Fsp3) is 0.0833. The molecule has 0 bridgehead atoms. The fourth-order valence-electron chi connectivity index (χ4n) is 3.20. The molecule has 1 amide bonds. The van der Waals surface area contributed by atoms with E-state index in [4.69, 9.17) is 9.72 Å². The predicted molar refractivity (Wildman–Crippen MR) is 116 cm³/mol. The Morgan fingerprint density at radius 3 is 2.14 bits per heavy atom. The molecule has 0 saturated carbocycles. The van der Waals surface area contributed by atoms with Gasteiger partial charge < -0.3 is 15.0 Å². The fourth-order valence-corrected chi connectivity index (χ4v) is 3.20. The van der Waals surface area contributed by atoms with Crippen LogP contribution < -0.4 is 10.1 Å². The van der Waals surface area contributed by atoms with Crippen molar-refractivity contribution in [2.45, 2.75) is 6.92 Å². The number of carbonyl (C=O) groups is 1. The number of hydrogen-bond donors (Lipinski definition) is 2. The van der Waals surface area contributed by atoms with E-state index in [2.05, 4.69) is 10.3 Å². The van der Waals surface area contributed by atoms with Crippen molar-refractivity contribution < 1.29 is 9.53 Å². The molecule has 144 valence electrons. The molecule has 0 spiro atoms. The predicted octanol–water partition coefficient (Wildman–Crippen LogP) is 5.38. The first kappa shape index (κ1) is 18.5. The van der Waals surface area contributed by atoms with Gasteiger partial charge in [0, 0.05) is 29.3 Å². The maximum absolute atomic E-state index is 11.2. The Labute approximate surface area is 169 Å². The zero-order chi connectivity index (χ0) is 20.2. The number of benzene rings is 3. The summed E-state index contributed by atoms with van der Waals surface area (Å²) in [6, 6.07) is 25.6. The van der Waals surface area contributed by atoms with Crippen molar-refractivity contribution in [3.05, 3.63) is 78.9 Å². The van der Waals surface area contributed by atoms with Gasteiger partial charge in [0.2, 0.25) is 5.91 Å². The Morgan fingerprint density at radius 1 is 0.862 bits per heavy atom. The number of amides is 1. The lowest BCUT2D eigenvalue weighted by Crippen LogP contribution is -2.05. The smallest absolute Gasteiger partial charge is 0.221 e. The van der Waals surface area contributed by atoms with Gasteiger partial charge in [0.05, 0.1) is 18.5 Å². The van der Waals surface area contributed by atoms with Crippen LogP contribution in [0.25, 0.3) is 33.9 Å². The highest BCUT2D eigenvalue weighted by Crippen LogP contribution is 2.33. The second-order valence-corrected chi connectivity index (χ2v) is 6.66. The lowest BCUT2D eigenvalue weighted by atomic mass is 10.1. The molecule has 1 aromatic heterocycles. The van der Waals surface area contributed by atoms with Crippen molar-refractivity contribution >= 4 is 11.6 Å². The topological polar surface area (TPSA) is 67.0 Å². The van der Waals surface area contributed by atoms with Gasteiger partial charge >= 0.3 is 0 Å². The van der Waals surface area contributed by atoms with E-state index in [0.29, 0.717) is 0 Å². The summed E-state index contributed by atoms with van der Waals surface area (Å²) in [5.74, 6) is 1.48. The van der Waals surface area contributed by atoms with Gasteiger partial charge in [-0.2, -0.15) is 0 Å². The number of methoxy groups -OCH3 is 1. The number of nitrogens with zero attached hydrogens (tertiary/aromatic N) is 1. The maximum atomic E-state index is 11.2. The molecule has 0 unspecified atom stereocenters. The molecule has 0 fully saturated rings. The number of ether oxygens (including phenoxy) is 1. The third-order valence-corrected chi connectivity index (χ3v) is 4.61. The average Bonchev–Trinajstić information content (AvgIpc) is 3.20. The first-order valence-corrected chi connectivity index (χ1v) is 9.32. The minimum absolute atomic E-state index is 0.0936. The van der Waals surface area contributed by atoms with Crippen LogP contribution in [0, 0.1) is 0 Å². The van der Waals surface area contributed by atoms with E-state index < -0.39 is 0 Å². The third-order valence-electron chi connectivity index (χ3n) is 4.61. The lowest BCUT2D eigenvalue weighted by Gasteiger charge is -2.05. The number of carbonyl (C=O) groups excluding carboxylic acids is 1. The van der Waals surface area contributed by atoms with E-state index in [0.717, 1.165) is 45.3 Å². The minimum Gasteiger partial charge on any atom is -0.497 e. The van der Waals surface area contributed by atoms with E-state index in [9.17, 15) is 4.79 Å². The molecular formula is C24H21N3O2. The van der Waals surface area contributed by atoms with Crippen molar-refractivity contribution in [1.29, 1.82) is 0 Å². The summed E-state index contributed by atoms with van der Waals surface area (Å²) in [5, 5.41) is 2.78. The highest BCUT2D eigenvalue weighted by Gasteiger charge is 2.15. The molecule has 29 heavy (non-hydrogen) atoms. The summed E-state index contributed by atoms with van der Waals surface area (Å²) in [5.41, 5.74) is 5.59. The van der Waals surface area contributed by atoms with E-state index >= 15 is 0 Å². The number of imidazole rings is 1. The number of H-pyrrole nitrogens is 1. The molecule has 1 heterocycles. The first-order chi connectivity index (χ1) is 14.1. The Balaban J connectivity index is 1.78. The molecule has 2 N–H and O–H groups in total. The molecule has 0 aliphatic heterocycles. The van der Waals surface area contributed by atoms with Crippen LogP contribution in [0.1, 0.15) is 6.92 Å². The number of aromatic amines is 1. The highest BCUT2D eigenvalue weighted by atomic mass is 16.5. The number of nitrogens with one attached hydrogen (secondary N) is 2. The van der Waals surface area contributed by atoms with Crippen LogP contribution in [0.4, 0.5) is 5.69 Å². The number of rotatable bonds is 5. The standard InChI is InChI=1S/C24H21N3O2/c1-16(28)25-20-12-8-19(9-13-20)24-26-22(17-6-4-3-5-7-17)23(27-24)18-10-14-21(29-2)15-11-18/h3-15H,1-2H3,(H,25,28)(H,26,27). The Kier molecular flexibility index (Phi) is 5.12. The molecule has 0 saturated heterocycles. The van der Waals surface area contributed by atoms with E-state index in [1.165, 1.54) is 6.92 Å². The van der Waals surface area contributed by atoms with Crippen LogP contribution in [0.5, 0.6) is 5.75 Å². The average molecular weight is 383 g/mol. The summed E-state index contributed by atoms with van der Waals surface area (Å²) >= 11 is 0. The van der Waals surface area contributed by atoms with Gasteiger partial charge in [-0.1, -0.05) is 30.3 Å². The monoisotopic (exact) mass is 383 g/mol. The molecule has 3 aromatic carbocycles.